The zero-order valence-corrected chi connectivity index (χ0v) is 10.4. The van der Waals surface area contributed by atoms with Crippen molar-refractivity contribution >= 4 is 17.3 Å². The highest BCUT2D eigenvalue weighted by Crippen LogP contribution is 2.34. The van der Waals surface area contributed by atoms with Crippen LogP contribution in [0.4, 0.5) is 10.1 Å². The quantitative estimate of drug-likeness (QED) is 0.491. The Morgan fingerprint density at radius 2 is 2.21 bits per heavy atom. The van der Waals surface area contributed by atoms with Gasteiger partial charge in [-0.05, 0) is 24.6 Å². The monoisotopic (exact) mass is 283 g/mol. The number of hydrogen-bond acceptors (Lipinski definition) is 5. The van der Waals surface area contributed by atoms with Crippen LogP contribution in [0.1, 0.15) is 5.56 Å². The van der Waals surface area contributed by atoms with E-state index in [0.717, 1.165) is 6.20 Å². The Morgan fingerprint density at radius 3 is 2.89 bits per heavy atom. The predicted molar refractivity (Wildman–Crippen MR) is 64.9 cm³/mol. The van der Waals surface area contributed by atoms with Crippen LogP contribution in [0.25, 0.3) is 0 Å². The fraction of sp³-hybridized carbons (Fsp3) is 0.0909. The zero-order valence-electron chi connectivity index (χ0n) is 9.63. The Kier molecular flexibility index (Phi) is 3.57. The smallest absolute Gasteiger partial charge is 0.314 e. The largest absolute Gasteiger partial charge is 0.429 e. The third kappa shape index (κ3) is 2.76. The van der Waals surface area contributed by atoms with Gasteiger partial charge < -0.3 is 4.74 Å². The second-order valence-electron chi connectivity index (χ2n) is 3.57. The summed E-state index contributed by atoms with van der Waals surface area (Å²) in [6.45, 7) is 1.55. The fourth-order valence-corrected chi connectivity index (χ4v) is 1.58. The molecule has 0 aliphatic heterocycles. The van der Waals surface area contributed by atoms with Gasteiger partial charge in [0.1, 0.15) is 0 Å². The minimum absolute atomic E-state index is 0.112. The van der Waals surface area contributed by atoms with E-state index in [1.807, 2.05) is 0 Å². The Bertz CT molecular complexity index is 651. The van der Waals surface area contributed by atoms with E-state index in [9.17, 15) is 14.5 Å². The van der Waals surface area contributed by atoms with E-state index >= 15 is 0 Å². The van der Waals surface area contributed by atoms with E-state index in [2.05, 4.69) is 9.97 Å². The molecule has 0 spiro atoms. The number of aromatic nitrogens is 2. The Hall–Kier alpha value is -2.28. The van der Waals surface area contributed by atoms with Gasteiger partial charge in [-0.2, -0.15) is 9.37 Å². The first-order valence-corrected chi connectivity index (χ1v) is 5.46. The SMILES string of the molecule is Cc1cccc(Oc2nc(Cl)ncc2F)c1[N+](=O)[O-]. The van der Waals surface area contributed by atoms with E-state index in [-0.39, 0.29) is 16.7 Å². The summed E-state index contributed by atoms with van der Waals surface area (Å²) in [6.07, 6.45) is 0.826. The number of aryl methyl sites for hydroxylation is 1. The first-order chi connectivity index (χ1) is 8.99. The molecule has 0 atom stereocenters. The highest BCUT2D eigenvalue weighted by atomic mass is 35.5. The number of hydrogen-bond donors (Lipinski definition) is 0. The van der Waals surface area contributed by atoms with E-state index in [1.54, 1.807) is 19.1 Å². The van der Waals surface area contributed by atoms with Crippen LogP contribution in [0.5, 0.6) is 11.6 Å². The minimum atomic E-state index is -0.861. The summed E-state index contributed by atoms with van der Waals surface area (Å²) in [6, 6.07) is 4.45. The molecule has 0 aliphatic carbocycles. The molecule has 0 unspecified atom stereocenters. The summed E-state index contributed by atoms with van der Waals surface area (Å²) in [5.41, 5.74) is 0.139. The first-order valence-electron chi connectivity index (χ1n) is 5.09. The molecule has 0 fully saturated rings. The predicted octanol–water partition coefficient (Wildman–Crippen LogP) is 3.28. The van der Waals surface area contributed by atoms with Gasteiger partial charge in [0.15, 0.2) is 0 Å². The van der Waals surface area contributed by atoms with Gasteiger partial charge in [0, 0.05) is 5.56 Å². The van der Waals surface area contributed by atoms with E-state index in [4.69, 9.17) is 16.3 Å². The summed E-state index contributed by atoms with van der Waals surface area (Å²) in [5.74, 6) is -1.44. The van der Waals surface area contributed by atoms with Crippen LogP contribution >= 0.6 is 11.6 Å². The molecule has 2 aromatic rings. The molecule has 0 saturated heterocycles. The second-order valence-corrected chi connectivity index (χ2v) is 3.91. The van der Waals surface area contributed by atoms with Crippen LogP contribution < -0.4 is 4.74 Å². The number of nitro groups is 1. The van der Waals surface area contributed by atoms with Gasteiger partial charge in [-0.3, -0.25) is 10.1 Å². The van der Waals surface area contributed by atoms with Crippen molar-refractivity contribution in [1.82, 2.24) is 9.97 Å². The van der Waals surface area contributed by atoms with Crippen LogP contribution in [0.3, 0.4) is 0 Å². The van der Waals surface area contributed by atoms with Crippen molar-refractivity contribution in [2.45, 2.75) is 6.92 Å². The topological polar surface area (TPSA) is 78.2 Å². The highest BCUT2D eigenvalue weighted by molar-refractivity contribution is 6.28. The molecule has 1 aromatic heterocycles. The summed E-state index contributed by atoms with van der Waals surface area (Å²) in [4.78, 5) is 17.3. The van der Waals surface area contributed by atoms with E-state index in [1.165, 1.54) is 6.07 Å². The van der Waals surface area contributed by atoms with Crippen molar-refractivity contribution in [3.8, 4) is 11.6 Å². The zero-order chi connectivity index (χ0) is 14.0. The third-order valence-electron chi connectivity index (χ3n) is 2.27. The molecule has 19 heavy (non-hydrogen) atoms. The van der Waals surface area contributed by atoms with Crippen LogP contribution in [0, 0.1) is 22.9 Å². The minimum Gasteiger partial charge on any atom is -0.429 e. The van der Waals surface area contributed by atoms with Gasteiger partial charge in [0.25, 0.3) is 5.88 Å². The van der Waals surface area contributed by atoms with Crippen molar-refractivity contribution in [2.24, 2.45) is 0 Å². The third-order valence-corrected chi connectivity index (χ3v) is 2.45. The van der Waals surface area contributed by atoms with Gasteiger partial charge in [-0.15, -0.1) is 0 Å². The van der Waals surface area contributed by atoms with Crippen molar-refractivity contribution in [3.05, 3.63) is 51.2 Å². The number of rotatable bonds is 3. The van der Waals surface area contributed by atoms with Gasteiger partial charge >= 0.3 is 5.69 Å². The van der Waals surface area contributed by atoms with Crippen LogP contribution in [-0.4, -0.2) is 14.9 Å². The summed E-state index contributed by atoms with van der Waals surface area (Å²) < 4.78 is 18.5. The van der Waals surface area contributed by atoms with Crippen LogP contribution in [0.15, 0.2) is 24.4 Å². The standard InChI is InChI=1S/C11H7ClFN3O3/c1-6-3-2-4-8(9(6)16(17)18)19-10-7(13)5-14-11(12)15-10/h2-5H,1H3. The maximum absolute atomic E-state index is 13.4. The van der Waals surface area contributed by atoms with Gasteiger partial charge in [-0.25, -0.2) is 4.98 Å². The molecule has 6 nitrogen and oxygen atoms in total. The van der Waals surface area contributed by atoms with Crippen molar-refractivity contribution in [2.75, 3.05) is 0 Å². The lowest BCUT2D eigenvalue weighted by Crippen LogP contribution is -1.99. The molecule has 0 bridgehead atoms. The number of benzene rings is 1. The van der Waals surface area contributed by atoms with Crippen LogP contribution in [0.2, 0.25) is 5.28 Å². The van der Waals surface area contributed by atoms with Crippen LogP contribution in [-0.2, 0) is 0 Å². The lowest BCUT2D eigenvalue weighted by Gasteiger charge is -2.07. The first kappa shape index (κ1) is 13.2. The number of ether oxygens (including phenoxy) is 1. The van der Waals surface area contributed by atoms with Crippen molar-refractivity contribution < 1.29 is 14.1 Å². The molecular weight excluding hydrogens is 277 g/mol. The maximum atomic E-state index is 13.4. The normalized spacial score (nSPS) is 10.3. The number of halogens is 2. The molecule has 0 radical (unpaired) electrons. The molecular formula is C11H7ClFN3O3. The van der Waals surface area contributed by atoms with Crippen molar-refractivity contribution in [1.29, 1.82) is 0 Å². The lowest BCUT2D eigenvalue weighted by molar-refractivity contribution is -0.386. The number of nitrogens with zero attached hydrogens (tertiary/aromatic N) is 3. The lowest BCUT2D eigenvalue weighted by atomic mass is 10.2. The maximum Gasteiger partial charge on any atom is 0.314 e. The van der Waals surface area contributed by atoms with Gasteiger partial charge in [-0.1, -0.05) is 12.1 Å². The summed E-state index contributed by atoms with van der Waals surface area (Å²) in [5, 5.41) is 10.7. The summed E-state index contributed by atoms with van der Waals surface area (Å²) >= 11 is 5.51. The van der Waals surface area contributed by atoms with Gasteiger partial charge in [0.05, 0.1) is 11.1 Å². The molecule has 0 aliphatic rings. The molecule has 0 N–H and O–H groups in total. The fourth-order valence-electron chi connectivity index (χ4n) is 1.46. The van der Waals surface area contributed by atoms with Crippen molar-refractivity contribution in [3.63, 3.8) is 0 Å². The molecule has 98 valence electrons. The molecule has 0 saturated carbocycles. The molecule has 1 heterocycles. The second kappa shape index (κ2) is 5.15. The average Bonchev–Trinajstić information content (AvgIpc) is 2.33. The Labute approximate surface area is 112 Å². The molecule has 2 rings (SSSR count). The van der Waals surface area contributed by atoms with Gasteiger partial charge in [0.2, 0.25) is 16.9 Å². The highest BCUT2D eigenvalue weighted by Gasteiger charge is 2.20. The van der Waals surface area contributed by atoms with E-state index < -0.39 is 16.6 Å². The molecule has 1 aromatic carbocycles. The molecule has 0 amide bonds. The Morgan fingerprint density at radius 1 is 1.47 bits per heavy atom. The average molecular weight is 284 g/mol. The number of para-hydroxylation sites is 1. The molecule has 8 heteroatoms. The number of nitro benzene ring substituents is 1. The van der Waals surface area contributed by atoms with E-state index in [0.29, 0.717) is 5.56 Å². The Balaban J connectivity index is 2.46. The summed E-state index contributed by atoms with van der Waals surface area (Å²) in [7, 11) is 0.